The third kappa shape index (κ3) is 5.44. The Labute approximate surface area is 152 Å². The standard InChI is InChI=1S/C20H22N2O4/c1-3-4-18(23)22-17-11-5-14(6-12-17)13-21-19(24)15-7-9-16(10-8-15)20(25)26-2/h5-12H,3-4,13H2,1-2H3,(H,21,24)(H,22,23). The number of esters is 1. The minimum atomic E-state index is -0.442. The van der Waals surface area contributed by atoms with Crippen molar-refractivity contribution >= 4 is 23.5 Å². The Balaban J connectivity index is 1.88. The quantitative estimate of drug-likeness (QED) is 0.748. The van der Waals surface area contributed by atoms with Crippen molar-refractivity contribution in [2.75, 3.05) is 12.4 Å². The largest absolute Gasteiger partial charge is 0.465 e. The minimum Gasteiger partial charge on any atom is -0.465 e. The van der Waals surface area contributed by atoms with Crippen LogP contribution in [0.1, 0.15) is 46.0 Å². The molecule has 0 bridgehead atoms. The molecular formula is C20H22N2O4. The van der Waals surface area contributed by atoms with Crippen LogP contribution in [0.15, 0.2) is 48.5 Å². The lowest BCUT2D eigenvalue weighted by molar-refractivity contribution is -0.116. The van der Waals surface area contributed by atoms with E-state index in [2.05, 4.69) is 15.4 Å². The maximum atomic E-state index is 12.2. The zero-order chi connectivity index (χ0) is 18.9. The van der Waals surface area contributed by atoms with Crippen molar-refractivity contribution in [3.05, 3.63) is 65.2 Å². The fraction of sp³-hybridized carbons (Fsp3) is 0.250. The summed E-state index contributed by atoms with van der Waals surface area (Å²) in [4.78, 5) is 35.1. The lowest BCUT2D eigenvalue weighted by Crippen LogP contribution is -2.22. The molecule has 0 aromatic heterocycles. The first-order valence-corrected chi connectivity index (χ1v) is 8.39. The number of methoxy groups -OCH3 is 1. The average Bonchev–Trinajstić information content (AvgIpc) is 2.67. The Hall–Kier alpha value is -3.15. The Morgan fingerprint density at radius 2 is 1.54 bits per heavy atom. The van der Waals surface area contributed by atoms with Crippen molar-refractivity contribution in [1.82, 2.24) is 5.32 Å². The Morgan fingerprint density at radius 3 is 2.12 bits per heavy atom. The number of benzene rings is 2. The van der Waals surface area contributed by atoms with Gasteiger partial charge in [-0.2, -0.15) is 0 Å². The lowest BCUT2D eigenvalue weighted by atomic mass is 10.1. The number of hydrogen-bond donors (Lipinski definition) is 2. The predicted molar refractivity (Wildman–Crippen MR) is 98.9 cm³/mol. The van der Waals surface area contributed by atoms with E-state index in [1.807, 2.05) is 19.1 Å². The molecule has 0 atom stereocenters. The SMILES string of the molecule is CCCC(=O)Nc1ccc(CNC(=O)c2ccc(C(=O)OC)cc2)cc1. The number of hydrogen-bond acceptors (Lipinski definition) is 4. The van der Waals surface area contributed by atoms with E-state index in [0.717, 1.165) is 17.7 Å². The molecule has 0 radical (unpaired) electrons. The first-order valence-electron chi connectivity index (χ1n) is 8.39. The molecule has 6 nitrogen and oxygen atoms in total. The van der Waals surface area contributed by atoms with E-state index in [4.69, 9.17) is 0 Å². The topological polar surface area (TPSA) is 84.5 Å². The van der Waals surface area contributed by atoms with Gasteiger partial charge in [-0.15, -0.1) is 0 Å². The molecule has 0 fully saturated rings. The number of nitrogens with one attached hydrogen (secondary N) is 2. The molecule has 2 aromatic carbocycles. The minimum absolute atomic E-state index is 0.0102. The van der Waals surface area contributed by atoms with E-state index in [-0.39, 0.29) is 11.8 Å². The van der Waals surface area contributed by atoms with E-state index in [1.54, 1.807) is 36.4 Å². The van der Waals surface area contributed by atoms with Crippen molar-refractivity contribution < 1.29 is 19.1 Å². The molecule has 0 aliphatic carbocycles. The van der Waals surface area contributed by atoms with E-state index in [1.165, 1.54) is 7.11 Å². The first kappa shape index (κ1) is 19.2. The van der Waals surface area contributed by atoms with E-state index < -0.39 is 5.97 Å². The van der Waals surface area contributed by atoms with E-state index in [9.17, 15) is 14.4 Å². The first-order chi connectivity index (χ1) is 12.5. The van der Waals surface area contributed by atoms with Crippen LogP contribution in [0.25, 0.3) is 0 Å². The van der Waals surface area contributed by atoms with Gasteiger partial charge in [0, 0.05) is 24.2 Å². The maximum Gasteiger partial charge on any atom is 0.337 e. The van der Waals surface area contributed by atoms with Gasteiger partial charge in [-0.3, -0.25) is 9.59 Å². The highest BCUT2D eigenvalue weighted by Crippen LogP contribution is 2.11. The zero-order valence-electron chi connectivity index (χ0n) is 14.9. The molecule has 26 heavy (non-hydrogen) atoms. The summed E-state index contributed by atoms with van der Waals surface area (Å²) in [5.41, 5.74) is 2.50. The molecule has 136 valence electrons. The molecule has 0 spiro atoms. The number of anilines is 1. The molecule has 2 amide bonds. The van der Waals surface area contributed by atoms with Gasteiger partial charge in [0.25, 0.3) is 5.91 Å². The molecule has 2 aromatic rings. The van der Waals surface area contributed by atoms with Gasteiger partial charge in [0.1, 0.15) is 0 Å². The van der Waals surface area contributed by atoms with Crippen LogP contribution in [-0.4, -0.2) is 24.9 Å². The third-order valence-corrected chi connectivity index (χ3v) is 3.74. The van der Waals surface area contributed by atoms with Crippen LogP contribution < -0.4 is 10.6 Å². The van der Waals surface area contributed by atoms with Crippen LogP contribution in [0.2, 0.25) is 0 Å². The van der Waals surface area contributed by atoms with Crippen LogP contribution in [0.3, 0.4) is 0 Å². The molecule has 2 N–H and O–H groups in total. The summed E-state index contributed by atoms with van der Waals surface area (Å²) in [5.74, 6) is -0.686. The van der Waals surface area contributed by atoms with E-state index >= 15 is 0 Å². The van der Waals surface area contributed by atoms with Crippen LogP contribution in [0, 0.1) is 0 Å². The second-order valence-corrected chi connectivity index (χ2v) is 5.75. The second-order valence-electron chi connectivity index (χ2n) is 5.75. The summed E-state index contributed by atoms with van der Waals surface area (Å²) in [6.07, 6.45) is 1.29. The number of ether oxygens (including phenoxy) is 1. The highest BCUT2D eigenvalue weighted by Gasteiger charge is 2.09. The molecule has 0 heterocycles. The van der Waals surface area contributed by atoms with Gasteiger partial charge in [0.15, 0.2) is 0 Å². The Morgan fingerprint density at radius 1 is 0.923 bits per heavy atom. The summed E-state index contributed by atoms with van der Waals surface area (Å²) in [7, 11) is 1.31. The average molecular weight is 354 g/mol. The van der Waals surface area contributed by atoms with Crippen LogP contribution >= 0.6 is 0 Å². The lowest BCUT2D eigenvalue weighted by Gasteiger charge is -2.08. The van der Waals surface area contributed by atoms with Gasteiger partial charge < -0.3 is 15.4 Å². The van der Waals surface area contributed by atoms with Crippen molar-refractivity contribution in [2.24, 2.45) is 0 Å². The van der Waals surface area contributed by atoms with Crippen molar-refractivity contribution in [2.45, 2.75) is 26.3 Å². The Bertz CT molecular complexity index is 767. The highest BCUT2D eigenvalue weighted by molar-refractivity contribution is 5.96. The molecule has 0 aliphatic heterocycles. The predicted octanol–water partition coefficient (Wildman–Crippen LogP) is 3.14. The fourth-order valence-corrected chi connectivity index (χ4v) is 2.32. The molecule has 2 rings (SSSR count). The zero-order valence-corrected chi connectivity index (χ0v) is 14.9. The summed E-state index contributed by atoms with van der Waals surface area (Å²) in [6.45, 7) is 2.31. The molecular weight excluding hydrogens is 332 g/mol. The second kappa shape index (κ2) is 9.36. The van der Waals surface area contributed by atoms with Crippen molar-refractivity contribution in [1.29, 1.82) is 0 Å². The summed E-state index contributed by atoms with van der Waals surface area (Å²) < 4.78 is 4.62. The summed E-state index contributed by atoms with van der Waals surface area (Å²) in [5, 5.41) is 5.63. The number of carbonyl (C=O) groups excluding carboxylic acids is 3. The third-order valence-electron chi connectivity index (χ3n) is 3.74. The van der Waals surface area contributed by atoms with Gasteiger partial charge >= 0.3 is 5.97 Å². The van der Waals surface area contributed by atoms with Crippen LogP contribution in [0.4, 0.5) is 5.69 Å². The maximum absolute atomic E-state index is 12.2. The van der Waals surface area contributed by atoms with E-state index in [0.29, 0.717) is 24.1 Å². The fourth-order valence-electron chi connectivity index (χ4n) is 2.32. The van der Waals surface area contributed by atoms with Gasteiger partial charge in [-0.1, -0.05) is 19.1 Å². The van der Waals surface area contributed by atoms with Crippen molar-refractivity contribution in [3.8, 4) is 0 Å². The highest BCUT2D eigenvalue weighted by atomic mass is 16.5. The normalized spacial score (nSPS) is 10.1. The van der Waals surface area contributed by atoms with Crippen molar-refractivity contribution in [3.63, 3.8) is 0 Å². The summed E-state index contributed by atoms with van der Waals surface area (Å²) >= 11 is 0. The van der Waals surface area contributed by atoms with Gasteiger partial charge in [-0.25, -0.2) is 4.79 Å². The van der Waals surface area contributed by atoms with Gasteiger partial charge in [0.2, 0.25) is 5.91 Å². The molecule has 0 aliphatic rings. The van der Waals surface area contributed by atoms with Gasteiger partial charge in [-0.05, 0) is 48.4 Å². The Kier molecular flexibility index (Phi) is 6.91. The molecule has 0 saturated carbocycles. The number of amides is 2. The van der Waals surface area contributed by atoms with Crippen LogP contribution in [-0.2, 0) is 16.1 Å². The monoisotopic (exact) mass is 354 g/mol. The molecule has 6 heteroatoms. The van der Waals surface area contributed by atoms with Gasteiger partial charge in [0.05, 0.1) is 12.7 Å². The number of rotatable bonds is 7. The molecule has 0 unspecified atom stereocenters. The molecule has 0 saturated heterocycles. The van der Waals surface area contributed by atoms with Crippen LogP contribution in [0.5, 0.6) is 0 Å². The number of carbonyl (C=O) groups is 3. The smallest absolute Gasteiger partial charge is 0.337 e. The summed E-state index contributed by atoms with van der Waals surface area (Å²) in [6, 6.07) is 13.6.